The molecule has 0 atom stereocenters. The molecule has 2 aromatic heterocycles. The van der Waals surface area contributed by atoms with E-state index in [1.165, 1.54) is 16.7 Å². The zero-order valence-electron chi connectivity index (χ0n) is 14.3. The van der Waals surface area contributed by atoms with Crippen LogP contribution in [-0.2, 0) is 21.6 Å². The Hall–Kier alpha value is -2.52. The standard InChI is InChI=1S/C17H16N2O5S2/c1-4-24-16(21)13-12(9-20)14-15(19(13)3)18-17(25-14)26(22,23)11-7-5-10(2)6-8-11/h5-9H,4H2,1-3H3. The fraction of sp³-hybridized carbons (Fsp3) is 0.235. The molecule has 0 aliphatic heterocycles. The molecule has 3 aromatic rings. The second-order valence-corrected chi connectivity index (χ2v) is 8.73. The number of aromatic nitrogens is 2. The number of benzene rings is 1. The van der Waals surface area contributed by atoms with Crippen molar-refractivity contribution in [2.75, 3.05) is 6.61 Å². The van der Waals surface area contributed by atoms with Crippen LogP contribution >= 0.6 is 11.3 Å². The van der Waals surface area contributed by atoms with Crippen molar-refractivity contribution in [2.45, 2.75) is 23.1 Å². The van der Waals surface area contributed by atoms with E-state index < -0.39 is 15.8 Å². The van der Waals surface area contributed by atoms with Crippen LogP contribution in [0.1, 0.15) is 33.3 Å². The first-order valence-electron chi connectivity index (χ1n) is 7.74. The maximum absolute atomic E-state index is 12.8. The first-order valence-corrected chi connectivity index (χ1v) is 10.0. The summed E-state index contributed by atoms with van der Waals surface area (Å²) in [5.41, 5.74) is 1.35. The minimum Gasteiger partial charge on any atom is -0.461 e. The Balaban J connectivity index is 2.18. The lowest BCUT2D eigenvalue weighted by molar-refractivity contribution is 0.0513. The number of esters is 1. The highest BCUT2D eigenvalue weighted by atomic mass is 32.2. The lowest BCUT2D eigenvalue weighted by Crippen LogP contribution is -2.12. The van der Waals surface area contributed by atoms with Gasteiger partial charge >= 0.3 is 5.97 Å². The molecule has 0 amide bonds. The van der Waals surface area contributed by atoms with Crippen LogP contribution in [0, 0.1) is 6.92 Å². The van der Waals surface area contributed by atoms with E-state index >= 15 is 0 Å². The minimum absolute atomic E-state index is 0.0647. The first kappa shape index (κ1) is 18.3. The van der Waals surface area contributed by atoms with Gasteiger partial charge in [0, 0.05) is 7.05 Å². The van der Waals surface area contributed by atoms with E-state index in [2.05, 4.69) is 4.98 Å². The molecule has 0 aliphatic rings. The lowest BCUT2D eigenvalue weighted by Gasteiger charge is -2.04. The fourth-order valence-electron chi connectivity index (χ4n) is 2.58. The molecule has 0 radical (unpaired) electrons. The van der Waals surface area contributed by atoms with Gasteiger partial charge in [-0.15, -0.1) is 0 Å². The van der Waals surface area contributed by atoms with Gasteiger partial charge in [-0.1, -0.05) is 29.0 Å². The van der Waals surface area contributed by atoms with Crippen LogP contribution in [0.4, 0.5) is 0 Å². The molecule has 0 N–H and O–H groups in total. The molecule has 9 heteroatoms. The van der Waals surface area contributed by atoms with Gasteiger partial charge in [0.2, 0.25) is 14.2 Å². The van der Waals surface area contributed by atoms with Crippen LogP contribution in [-0.4, -0.2) is 36.8 Å². The lowest BCUT2D eigenvalue weighted by atomic mass is 10.2. The molecule has 0 saturated carbocycles. The summed E-state index contributed by atoms with van der Waals surface area (Å²) in [6, 6.07) is 6.44. The zero-order valence-corrected chi connectivity index (χ0v) is 16.0. The van der Waals surface area contributed by atoms with Gasteiger partial charge in [0.05, 0.1) is 21.8 Å². The minimum atomic E-state index is -3.81. The van der Waals surface area contributed by atoms with Gasteiger partial charge in [-0.3, -0.25) is 4.79 Å². The number of sulfone groups is 1. The molecule has 1 aromatic carbocycles. The first-order chi connectivity index (χ1) is 12.3. The van der Waals surface area contributed by atoms with Crippen LogP contribution in [0.5, 0.6) is 0 Å². The molecule has 3 rings (SSSR count). The smallest absolute Gasteiger partial charge is 0.355 e. The van der Waals surface area contributed by atoms with E-state index in [0.29, 0.717) is 11.0 Å². The summed E-state index contributed by atoms with van der Waals surface area (Å²) in [4.78, 5) is 27.9. The maximum Gasteiger partial charge on any atom is 0.355 e. The van der Waals surface area contributed by atoms with E-state index in [0.717, 1.165) is 16.9 Å². The Kier molecular flexibility index (Phi) is 4.68. The number of nitrogens with zero attached hydrogens (tertiary/aromatic N) is 2. The second kappa shape index (κ2) is 6.65. The van der Waals surface area contributed by atoms with Gasteiger partial charge < -0.3 is 9.30 Å². The van der Waals surface area contributed by atoms with Gasteiger partial charge in [0.15, 0.2) is 11.9 Å². The summed E-state index contributed by atoms with van der Waals surface area (Å²) in [7, 11) is -2.27. The molecular formula is C17H16N2O5S2. The molecule has 0 saturated heterocycles. The number of fused-ring (bicyclic) bond motifs is 1. The quantitative estimate of drug-likeness (QED) is 0.489. The summed E-state index contributed by atoms with van der Waals surface area (Å²) in [5.74, 6) is -0.648. The third kappa shape index (κ3) is 2.82. The largest absolute Gasteiger partial charge is 0.461 e. The Bertz CT molecular complexity index is 1110. The normalized spacial score (nSPS) is 11.7. The van der Waals surface area contributed by atoms with E-state index in [-0.39, 0.29) is 32.7 Å². The van der Waals surface area contributed by atoms with Crippen LogP contribution in [0.2, 0.25) is 0 Å². The Morgan fingerprint density at radius 3 is 2.54 bits per heavy atom. The highest BCUT2D eigenvalue weighted by Crippen LogP contribution is 2.34. The molecule has 0 bridgehead atoms. The Morgan fingerprint density at radius 2 is 1.96 bits per heavy atom. The number of hydrogen-bond donors (Lipinski definition) is 0. The maximum atomic E-state index is 12.8. The molecule has 26 heavy (non-hydrogen) atoms. The Morgan fingerprint density at radius 1 is 1.31 bits per heavy atom. The van der Waals surface area contributed by atoms with Crippen molar-refractivity contribution in [1.29, 1.82) is 0 Å². The van der Waals surface area contributed by atoms with Crippen molar-refractivity contribution in [3.05, 3.63) is 41.1 Å². The number of carbonyl (C=O) groups excluding carboxylic acids is 2. The number of thiazole rings is 1. The van der Waals surface area contributed by atoms with E-state index in [9.17, 15) is 18.0 Å². The van der Waals surface area contributed by atoms with Crippen LogP contribution in [0.3, 0.4) is 0 Å². The van der Waals surface area contributed by atoms with Crippen LogP contribution < -0.4 is 0 Å². The van der Waals surface area contributed by atoms with Crippen LogP contribution in [0.15, 0.2) is 33.5 Å². The highest BCUT2D eigenvalue weighted by Gasteiger charge is 2.29. The van der Waals surface area contributed by atoms with E-state index in [1.807, 2.05) is 6.92 Å². The number of ether oxygens (including phenoxy) is 1. The average Bonchev–Trinajstić information content (AvgIpc) is 3.14. The summed E-state index contributed by atoms with van der Waals surface area (Å²) in [5, 5.41) is 0. The van der Waals surface area contributed by atoms with E-state index in [1.54, 1.807) is 26.1 Å². The molecule has 136 valence electrons. The summed E-state index contributed by atoms with van der Waals surface area (Å²) in [6.07, 6.45) is 0.523. The van der Waals surface area contributed by atoms with Crippen molar-refractivity contribution in [3.63, 3.8) is 0 Å². The van der Waals surface area contributed by atoms with Crippen molar-refractivity contribution in [2.24, 2.45) is 7.05 Å². The number of aryl methyl sites for hydroxylation is 2. The predicted octanol–water partition coefficient (Wildman–Crippen LogP) is 2.77. The fourth-order valence-corrected chi connectivity index (χ4v) is 5.29. The van der Waals surface area contributed by atoms with Gasteiger partial charge in [0.25, 0.3) is 0 Å². The number of aldehydes is 1. The number of hydrogen-bond acceptors (Lipinski definition) is 7. The SMILES string of the molecule is CCOC(=O)c1c(C=O)c2sc(S(=O)(=O)c3ccc(C)cc3)nc2n1C. The second-order valence-electron chi connectivity index (χ2n) is 5.61. The zero-order chi connectivity index (χ0) is 19.1. The van der Waals surface area contributed by atoms with Crippen molar-refractivity contribution >= 4 is 43.8 Å². The predicted molar refractivity (Wildman–Crippen MR) is 96.6 cm³/mol. The van der Waals surface area contributed by atoms with E-state index in [4.69, 9.17) is 4.74 Å². The van der Waals surface area contributed by atoms with Gasteiger partial charge in [0.1, 0.15) is 5.69 Å². The van der Waals surface area contributed by atoms with Gasteiger partial charge in [-0.05, 0) is 26.0 Å². The van der Waals surface area contributed by atoms with Crippen molar-refractivity contribution in [1.82, 2.24) is 9.55 Å². The van der Waals surface area contributed by atoms with Gasteiger partial charge in [-0.2, -0.15) is 0 Å². The summed E-state index contributed by atoms with van der Waals surface area (Å²) in [6.45, 7) is 3.69. The topological polar surface area (TPSA) is 95.3 Å². The third-order valence-corrected chi connectivity index (χ3v) is 7.11. The molecule has 7 nitrogen and oxygen atoms in total. The molecule has 2 heterocycles. The molecule has 0 fully saturated rings. The molecule has 0 spiro atoms. The summed E-state index contributed by atoms with van der Waals surface area (Å²) >= 11 is 0.866. The van der Waals surface area contributed by atoms with Crippen molar-refractivity contribution in [3.8, 4) is 0 Å². The third-order valence-electron chi connectivity index (χ3n) is 3.89. The van der Waals surface area contributed by atoms with Gasteiger partial charge in [-0.25, -0.2) is 18.2 Å². The monoisotopic (exact) mass is 392 g/mol. The Labute approximate surface area is 154 Å². The molecule has 0 aliphatic carbocycles. The number of carbonyl (C=O) groups is 2. The summed E-state index contributed by atoms with van der Waals surface area (Å²) < 4.78 is 32.2. The highest BCUT2D eigenvalue weighted by molar-refractivity contribution is 7.93. The molecular weight excluding hydrogens is 376 g/mol. The van der Waals surface area contributed by atoms with Crippen molar-refractivity contribution < 1.29 is 22.7 Å². The van der Waals surface area contributed by atoms with Crippen LogP contribution in [0.25, 0.3) is 10.3 Å². The molecule has 0 unspecified atom stereocenters. The number of rotatable bonds is 5. The average molecular weight is 392 g/mol.